The topological polar surface area (TPSA) is 67.4 Å². The number of Topliss-reactive ketones (excluding diaryl/α,β-unsaturated/α-hetero) is 1. The number of carbonyl (C=O) groups is 2. The highest BCUT2D eigenvalue weighted by atomic mass is 19.1. The first-order chi connectivity index (χ1) is 15.7. The third-order valence-electron chi connectivity index (χ3n) is 6.40. The van der Waals surface area contributed by atoms with Gasteiger partial charge in [0, 0.05) is 36.0 Å². The molecule has 0 radical (unpaired) electrons. The van der Waals surface area contributed by atoms with Crippen LogP contribution in [0.3, 0.4) is 0 Å². The number of benzene rings is 2. The second-order valence-corrected chi connectivity index (χ2v) is 8.75. The molecular formula is C27H37FN2O3. The van der Waals surface area contributed by atoms with Gasteiger partial charge in [-0.1, -0.05) is 19.4 Å². The lowest BCUT2D eigenvalue weighted by atomic mass is 9.80. The summed E-state index contributed by atoms with van der Waals surface area (Å²) in [6, 6.07) is 8.46. The average molecular weight is 457 g/mol. The maximum absolute atomic E-state index is 12.9. The predicted molar refractivity (Wildman–Crippen MR) is 133 cm³/mol. The van der Waals surface area contributed by atoms with Crippen LogP contribution in [0.5, 0.6) is 5.75 Å². The minimum Gasteiger partial charge on any atom is -0.496 e. The summed E-state index contributed by atoms with van der Waals surface area (Å²) in [5.41, 5.74) is 3.76. The number of aryl methyl sites for hydroxylation is 2. The Morgan fingerprint density at radius 1 is 1.06 bits per heavy atom. The van der Waals surface area contributed by atoms with E-state index in [1.165, 1.54) is 38.3 Å². The second kappa shape index (κ2) is 12.4. The summed E-state index contributed by atoms with van der Waals surface area (Å²) < 4.78 is 18.2. The quantitative estimate of drug-likeness (QED) is 0.485. The summed E-state index contributed by atoms with van der Waals surface area (Å²) in [6.45, 7) is 7.43. The van der Waals surface area contributed by atoms with Crippen molar-refractivity contribution >= 4 is 23.1 Å². The first-order valence-corrected chi connectivity index (χ1v) is 11.6. The summed E-state index contributed by atoms with van der Waals surface area (Å²) in [5, 5.41) is 5.91. The van der Waals surface area contributed by atoms with Crippen molar-refractivity contribution in [1.29, 1.82) is 0 Å². The van der Waals surface area contributed by atoms with Gasteiger partial charge in [-0.25, -0.2) is 4.39 Å². The average Bonchev–Trinajstić information content (AvgIpc) is 2.80. The van der Waals surface area contributed by atoms with E-state index >= 15 is 0 Å². The maximum atomic E-state index is 12.9. The molecule has 180 valence electrons. The van der Waals surface area contributed by atoms with Gasteiger partial charge in [0.2, 0.25) is 5.91 Å². The molecule has 0 aliphatic heterocycles. The number of carbonyl (C=O) groups excluding carboxylic acids is 2. The molecule has 2 aromatic rings. The first kappa shape index (κ1) is 26.4. The monoisotopic (exact) mass is 456 g/mol. The Morgan fingerprint density at radius 2 is 1.73 bits per heavy atom. The number of amides is 1. The number of anilines is 2. The van der Waals surface area contributed by atoms with Gasteiger partial charge in [-0.3, -0.25) is 9.59 Å². The number of ether oxygens (including phenoxy) is 1. The van der Waals surface area contributed by atoms with Gasteiger partial charge in [-0.2, -0.15) is 0 Å². The maximum Gasteiger partial charge on any atom is 0.227 e. The molecule has 0 atom stereocenters. The van der Waals surface area contributed by atoms with Crippen LogP contribution in [0.25, 0.3) is 0 Å². The second-order valence-electron chi connectivity index (χ2n) is 8.75. The Hall–Kier alpha value is -2.89. The molecule has 5 nitrogen and oxygen atoms in total. The van der Waals surface area contributed by atoms with Crippen molar-refractivity contribution in [2.75, 3.05) is 24.8 Å². The van der Waals surface area contributed by atoms with Gasteiger partial charge in [0.15, 0.2) is 5.78 Å². The molecule has 0 bridgehead atoms. The summed E-state index contributed by atoms with van der Waals surface area (Å²) in [7, 11) is 3.37. The zero-order chi connectivity index (χ0) is 24.5. The van der Waals surface area contributed by atoms with Gasteiger partial charge >= 0.3 is 0 Å². The van der Waals surface area contributed by atoms with E-state index in [-0.39, 0.29) is 23.4 Å². The van der Waals surface area contributed by atoms with Crippen LogP contribution in [-0.2, 0) is 4.79 Å². The molecule has 0 unspecified atom stereocenters. The highest BCUT2D eigenvalue weighted by molar-refractivity contribution is 6.00. The van der Waals surface area contributed by atoms with E-state index in [0.717, 1.165) is 41.3 Å². The van der Waals surface area contributed by atoms with Gasteiger partial charge < -0.3 is 15.4 Å². The van der Waals surface area contributed by atoms with Crippen LogP contribution in [-0.4, -0.2) is 25.8 Å². The van der Waals surface area contributed by atoms with Crippen molar-refractivity contribution in [3.05, 3.63) is 52.8 Å². The molecule has 6 heteroatoms. The standard InChI is InChI=1S/C17H25NO2.C10H12FNO/c1-4-13-6-8-14(9-7-13)17(19)18-15-10-5-12(2)16(11-15)20-3;1-6-4-8(11)5-9(7(2)13)10(6)12-3/h5,10-11,13-14H,4,6-9H2,1-3H3,(H,18,19);4-5,12H,1-3H3. The predicted octanol–water partition coefficient (Wildman–Crippen LogP) is 6.54. The fourth-order valence-electron chi connectivity index (χ4n) is 4.33. The lowest BCUT2D eigenvalue weighted by Crippen LogP contribution is -2.27. The highest BCUT2D eigenvalue weighted by Crippen LogP contribution is 2.32. The van der Waals surface area contributed by atoms with Crippen molar-refractivity contribution < 1.29 is 18.7 Å². The van der Waals surface area contributed by atoms with Crippen LogP contribution in [0.4, 0.5) is 15.8 Å². The smallest absolute Gasteiger partial charge is 0.227 e. The van der Waals surface area contributed by atoms with E-state index in [9.17, 15) is 14.0 Å². The molecule has 2 aromatic carbocycles. The molecule has 1 amide bonds. The van der Waals surface area contributed by atoms with E-state index in [0.29, 0.717) is 11.3 Å². The highest BCUT2D eigenvalue weighted by Gasteiger charge is 2.25. The number of halogens is 1. The lowest BCUT2D eigenvalue weighted by molar-refractivity contribution is -0.121. The Labute approximate surface area is 197 Å². The molecule has 1 fully saturated rings. The number of hydrogen-bond donors (Lipinski definition) is 2. The van der Waals surface area contributed by atoms with Crippen molar-refractivity contribution in [3.63, 3.8) is 0 Å². The van der Waals surface area contributed by atoms with Gasteiger partial charge in [-0.15, -0.1) is 0 Å². The number of nitrogens with one attached hydrogen (secondary N) is 2. The largest absolute Gasteiger partial charge is 0.496 e. The Morgan fingerprint density at radius 3 is 2.27 bits per heavy atom. The van der Waals surface area contributed by atoms with Crippen LogP contribution < -0.4 is 15.4 Å². The molecule has 33 heavy (non-hydrogen) atoms. The SMILES string of the molecule is CCC1CCC(C(=O)Nc2ccc(C)c(OC)c2)CC1.CNc1c(C)cc(F)cc1C(C)=O. The summed E-state index contributed by atoms with van der Waals surface area (Å²) >= 11 is 0. The van der Waals surface area contributed by atoms with Crippen molar-refractivity contribution in [2.24, 2.45) is 11.8 Å². The fraction of sp³-hybridized carbons (Fsp3) is 0.481. The molecule has 0 heterocycles. The van der Waals surface area contributed by atoms with Crippen LogP contribution in [0.15, 0.2) is 30.3 Å². The minimum absolute atomic E-state index is 0.132. The number of ketones is 1. The zero-order valence-corrected chi connectivity index (χ0v) is 20.7. The van der Waals surface area contributed by atoms with Crippen LogP contribution >= 0.6 is 0 Å². The van der Waals surface area contributed by atoms with Crippen LogP contribution in [0.1, 0.15) is 67.4 Å². The molecule has 1 aliphatic rings. The number of methoxy groups -OCH3 is 1. The summed E-state index contributed by atoms with van der Waals surface area (Å²) in [4.78, 5) is 23.4. The van der Waals surface area contributed by atoms with E-state index in [2.05, 4.69) is 17.6 Å². The molecule has 0 saturated heterocycles. The third-order valence-corrected chi connectivity index (χ3v) is 6.40. The number of hydrogen-bond acceptors (Lipinski definition) is 4. The number of rotatable bonds is 6. The normalized spacial score (nSPS) is 17.4. The van der Waals surface area contributed by atoms with Crippen LogP contribution in [0.2, 0.25) is 0 Å². The van der Waals surface area contributed by atoms with E-state index < -0.39 is 0 Å². The zero-order valence-electron chi connectivity index (χ0n) is 20.7. The van der Waals surface area contributed by atoms with Crippen molar-refractivity contribution in [1.82, 2.24) is 0 Å². The van der Waals surface area contributed by atoms with E-state index in [1.54, 1.807) is 21.1 Å². The molecule has 1 saturated carbocycles. The Kier molecular flexibility index (Phi) is 9.89. The molecule has 0 spiro atoms. The summed E-state index contributed by atoms with van der Waals surface area (Å²) in [6.07, 6.45) is 5.65. The third kappa shape index (κ3) is 7.31. The lowest BCUT2D eigenvalue weighted by Gasteiger charge is -2.27. The molecule has 1 aliphatic carbocycles. The van der Waals surface area contributed by atoms with E-state index in [4.69, 9.17) is 4.74 Å². The van der Waals surface area contributed by atoms with Gasteiger partial charge in [-0.05, 0) is 81.7 Å². The molecule has 2 N–H and O–H groups in total. The van der Waals surface area contributed by atoms with Crippen LogP contribution in [0, 0.1) is 31.5 Å². The fourth-order valence-corrected chi connectivity index (χ4v) is 4.33. The summed E-state index contributed by atoms with van der Waals surface area (Å²) in [5.74, 6) is 1.46. The van der Waals surface area contributed by atoms with Gasteiger partial charge in [0.05, 0.1) is 7.11 Å². The van der Waals surface area contributed by atoms with Gasteiger partial charge in [0.1, 0.15) is 11.6 Å². The van der Waals surface area contributed by atoms with Crippen molar-refractivity contribution in [3.8, 4) is 5.75 Å². The van der Waals surface area contributed by atoms with E-state index in [1.807, 2.05) is 25.1 Å². The molecular weight excluding hydrogens is 419 g/mol. The van der Waals surface area contributed by atoms with Crippen molar-refractivity contribution in [2.45, 2.75) is 59.8 Å². The minimum atomic E-state index is -0.373. The Bertz CT molecular complexity index is 966. The Balaban J connectivity index is 0.000000257. The molecule has 0 aromatic heterocycles. The first-order valence-electron chi connectivity index (χ1n) is 11.6. The molecule has 3 rings (SSSR count). The van der Waals surface area contributed by atoms with Gasteiger partial charge in [0.25, 0.3) is 0 Å².